The van der Waals surface area contributed by atoms with Crippen LogP contribution in [0.1, 0.15) is 24.0 Å². The summed E-state index contributed by atoms with van der Waals surface area (Å²) in [6.07, 6.45) is 0. The molecule has 2 aromatic carbocycles. The third-order valence-corrected chi connectivity index (χ3v) is 5.96. The van der Waals surface area contributed by atoms with Gasteiger partial charge in [0.05, 0.1) is 7.11 Å². The van der Waals surface area contributed by atoms with Crippen molar-refractivity contribution < 1.29 is 9.47 Å². The van der Waals surface area contributed by atoms with Gasteiger partial charge in [-0.25, -0.2) is 0 Å². The number of ether oxygens (including phenoxy) is 2. The van der Waals surface area contributed by atoms with Crippen LogP contribution in [-0.4, -0.2) is 26.9 Å². The number of thioether (sulfide) groups is 1. The summed E-state index contributed by atoms with van der Waals surface area (Å²) in [5.74, 6) is 2.81. The van der Waals surface area contributed by atoms with Crippen molar-refractivity contribution in [3.05, 3.63) is 75.8 Å². The molecule has 2 heterocycles. The van der Waals surface area contributed by atoms with Crippen molar-refractivity contribution >= 4 is 22.7 Å². The summed E-state index contributed by atoms with van der Waals surface area (Å²) < 4.78 is 13.1. The van der Waals surface area contributed by atoms with Crippen molar-refractivity contribution in [2.24, 2.45) is 0 Å². The maximum absolute atomic E-state index is 12.5. The van der Waals surface area contributed by atoms with E-state index in [9.17, 15) is 4.79 Å². The predicted octanol–water partition coefficient (Wildman–Crippen LogP) is 4.33. The van der Waals surface area contributed by atoms with Gasteiger partial charge in [-0.05, 0) is 44.2 Å². The summed E-state index contributed by atoms with van der Waals surface area (Å²) in [6.45, 7) is 5.17. The Labute approximate surface area is 184 Å². The summed E-state index contributed by atoms with van der Waals surface area (Å²) in [7, 11) is 1.59. The fourth-order valence-electron chi connectivity index (χ4n) is 3.26. The summed E-state index contributed by atoms with van der Waals surface area (Å²) in [5.41, 5.74) is 2.77. The van der Waals surface area contributed by atoms with Gasteiger partial charge >= 0.3 is 0 Å². The molecule has 160 valence electrons. The number of pyridine rings is 1. The Kier molecular flexibility index (Phi) is 6.27. The van der Waals surface area contributed by atoms with Crippen molar-refractivity contribution in [2.75, 3.05) is 7.11 Å². The van der Waals surface area contributed by atoms with E-state index in [1.54, 1.807) is 19.2 Å². The molecule has 0 aliphatic rings. The number of aryl methyl sites for hydroxylation is 1. The van der Waals surface area contributed by atoms with Gasteiger partial charge in [-0.2, -0.15) is 0 Å². The number of hydrogen-bond donors (Lipinski definition) is 1. The van der Waals surface area contributed by atoms with Crippen molar-refractivity contribution in [1.29, 1.82) is 0 Å². The fourth-order valence-corrected chi connectivity index (χ4v) is 4.19. The highest BCUT2D eigenvalue weighted by atomic mass is 32.2. The highest BCUT2D eigenvalue weighted by Crippen LogP contribution is 2.23. The van der Waals surface area contributed by atoms with E-state index in [0.29, 0.717) is 23.5 Å². The molecule has 7 nitrogen and oxygen atoms in total. The van der Waals surface area contributed by atoms with E-state index >= 15 is 0 Å². The van der Waals surface area contributed by atoms with Crippen LogP contribution in [0.4, 0.5) is 0 Å². The van der Waals surface area contributed by atoms with Crippen LogP contribution in [-0.2, 0) is 18.9 Å². The third-order valence-electron chi connectivity index (χ3n) is 4.95. The van der Waals surface area contributed by atoms with Crippen molar-refractivity contribution in [3.63, 3.8) is 0 Å². The van der Waals surface area contributed by atoms with Gasteiger partial charge in [-0.1, -0.05) is 29.5 Å². The van der Waals surface area contributed by atoms with Crippen LogP contribution in [0.25, 0.3) is 10.9 Å². The lowest BCUT2D eigenvalue weighted by Crippen LogP contribution is -2.07. The molecule has 0 radical (unpaired) electrons. The van der Waals surface area contributed by atoms with Gasteiger partial charge in [0.1, 0.15) is 18.1 Å². The number of aromatic nitrogens is 4. The summed E-state index contributed by atoms with van der Waals surface area (Å²) in [4.78, 5) is 15.8. The number of nitrogens with zero attached hydrogens (tertiary/aromatic N) is 3. The minimum atomic E-state index is -0.0348. The number of aromatic amines is 1. The molecule has 0 fully saturated rings. The lowest BCUT2D eigenvalue weighted by atomic mass is 10.2. The van der Waals surface area contributed by atoms with Gasteiger partial charge in [0, 0.05) is 35.0 Å². The molecule has 0 aliphatic heterocycles. The van der Waals surface area contributed by atoms with E-state index in [1.807, 2.05) is 54.8 Å². The summed E-state index contributed by atoms with van der Waals surface area (Å²) in [5, 5.41) is 10.0. The molecule has 1 N–H and O–H groups in total. The number of hydrogen-bond acceptors (Lipinski definition) is 6. The number of H-pyrrole nitrogens is 1. The molecule has 0 saturated heterocycles. The van der Waals surface area contributed by atoms with Crippen LogP contribution >= 0.6 is 11.8 Å². The van der Waals surface area contributed by atoms with Gasteiger partial charge in [-0.15, -0.1) is 10.2 Å². The molecule has 0 spiro atoms. The summed E-state index contributed by atoms with van der Waals surface area (Å²) >= 11 is 1.53. The Balaban J connectivity index is 1.47. The Bertz CT molecular complexity index is 1250. The zero-order chi connectivity index (χ0) is 21.8. The van der Waals surface area contributed by atoms with Crippen LogP contribution < -0.4 is 14.9 Å². The normalized spacial score (nSPS) is 11.1. The van der Waals surface area contributed by atoms with E-state index in [0.717, 1.165) is 34.5 Å². The molecule has 2 aromatic heterocycles. The number of rotatable bonds is 8. The van der Waals surface area contributed by atoms with Gasteiger partial charge in [0.15, 0.2) is 16.4 Å². The minimum Gasteiger partial charge on any atom is -0.497 e. The summed E-state index contributed by atoms with van der Waals surface area (Å²) in [6, 6.07) is 15.0. The van der Waals surface area contributed by atoms with E-state index in [-0.39, 0.29) is 5.43 Å². The molecule has 8 heteroatoms. The fraction of sp³-hybridized carbons (Fsp3) is 0.261. The Morgan fingerprint density at radius 2 is 1.84 bits per heavy atom. The molecule has 0 unspecified atom stereocenters. The molecule has 0 saturated carbocycles. The largest absolute Gasteiger partial charge is 0.497 e. The SMILES string of the molecule is CCn1c(COc2ccc(C)cc2)nnc1SCc1cc(=O)c2cc(OC)ccc2[nH]1. The van der Waals surface area contributed by atoms with Crippen LogP contribution in [0.2, 0.25) is 0 Å². The zero-order valence-corrected chi connectivity index (χ0v) is 18.5. The first-order chi connectivity index (χ1) is 15.1. The maximum Gasteiger partial charge on any atom is 0.191 e. The zero-order valence-electron chi connectivity index (χ0n) is 17.7. The predicted molar refractivity (Wildman–Crippen MR) is 122 cm³/mol. The molecular weight excluding hydrogens is 412 g/mol. The maximum atomic E-state index is 12.5. The van der Waals surface area contributed by atoms with Gasteiger partial charge in [-0.3, -0.25) is 4.79 Å². The second-order valence-electron chi connectivity index (χ2n) is 7.10. The van der Waals surface area contributed by atoms with E-state index in [1.165, 1.54) is 17.3 Å². The van der Waals surface area contributed by atoms with Crippen molar-refractivity contribution in [2.45, 2.75) is 37.9 Å². The highest BCUT2D eigenvalue weighted by molar-refractivity contribution is 7.98. The highest BCUT2D eigenvalue weighted by Gasteiger charge is 2.13. The molecule has 4 aromatic rings. The molecule has 0 bridgehead atoms. The average Bonchev–Trinajstić information content (AvgIpc) is 3.19. The molecule has 31 heavy (non-hydrogen) atoms. The Morgan fingerprint density at radius 3 is 2.58 bits per heavy atom. The van der Waals surface area contributed by atoms with E-state index < -0.39 is 0 Å². The van der Waals surface area contributed by atoms with E-state index in [2.05, 4.69) is 15.2 Å². The monoisotopic (exact) mass is 436 g/mol. The molecule has 0 aliphatic carbocycles. The van der Waals surface area contributed by atoms with E-state index in [4.69, 9.17) is 9.47 Å². The Hall–Kier alpha value is -3.26. The standard InChI is InChI=1S/C23H24N4O3S/c1-4-27-22(13-30-17-7-5-15(2)6-8-17)25-26-23(27)31-14-16-11-21(28)19-12-18(29-3)9-10-20(19)24-16/h5-12H,4,13-14H2,1-3H3,(H,24,28). The average molecular weight is 437 g/mol. The topological polar surface area (TPSA) is 82.0 Å². The minimum absolute atomic E-state index is 0.0348. The van der Waals surface area contributed by atoms with Gasteiger partial charge in [0.25, 0.3) is 0 Å². The van der Waals surface area contributed by atoms with Crippen LogP contribution in [0.15, 0.2) is 58.5 Å². The first-order valence-electron chi connectivity index (χ1n) is 10.0. The van der Waals surface area contributed by atoms with Crippen LogP contribution in [0.3, 0.4) is 0 Å². The molecule has 0 atom stereocenters. The lowest BCUT2D eigenvalue weighted by molar-refractivity contribution is 0.288. The first-order valence-corrected chi connectivity index (χ1v) is 11.0. The van der Waals surface area contributed by atoms with Crippen LogP contribution in [0, 0.1) is 6.92 Å². The van der Waals surface area contributed by atoms with Crippen molar-refractivity contribution in [3.8, 4) is 11.5 Å². The number of fused-ring (bicyclic) bond motifs is 1. The van der Waals surface area contributed by atoms with Crippen molar-refractivity contribution in [1.82, 2.24) is 19.7 Å². The third kappa shape index (κ3) is 4.74. The van der Waals surface area contributed by atoms with Gasteiger partial charge in [0.2, 0.25) is 0 Å². The number of benzene rings is 2. The van der Waals surface area contributed by atoms with Crippen LogP contribution in [0.5, 0.6) is 11.5 Å². The molecule has 0 amide bonds. The Morgan fingerprint density at radius 1 is 1.06 bits per heavy atom. The number of methoxy groups -OCH3 is 1. The smallest absolute Gasteiger partial charge is 0.191 e. The second kappa shape index (κ2) is 9.26. The molecule has 4 rings (SSSR count). The quantitative estimate of drug-likeness (QED) is 0.414. The first kappa shape index (κ1) is 21.0. The van der Waals surface area contributed by atoms with Gasteiger partial charge < -0.3 is 19.0 Å². The lowest BCUT2D eigenvalue weighted by Gasteiger charge is -2.09. The number of nitrogens with one attached hydrogen (secondary N) is 1. The second-order valence-corrected chi connectivity index (χ2v) is 8.05. The molecular formula is C23H24N4O3S.